The third-order valence-corrected chi connectivity index (χ3v) is 3.68. The highest BCUT2D eigenvalue weighted by molar-refractivity contribution is 6.30. The maximum atomic E-state index is 6.08. The first kappa shape index (κ1) is 12.5. The zero-order chi connectivity index (χ0) is 13.4. The van der Waals surface area contributed by atoms with Crippen LogP contribution in [-0.2, 0) is 6.42 Å². The van der Waals surface area contributed by atoms with Crippen LogP contribution in [0.4, 0.5) is 0 Å². The standard InChI is InChI=1S/C16H16ClNO/c1-10-5-12-8-14(9-18)19-16(12)15(6-10)11-3-2-4-13(17)7-11/h2-7,14H,8-9,18H2,1H3/t14-/m1/s1. The molecule has 3 rings (SSSR count). The Morgan fingerprint density at radius 1 is 1.32 bits per heavy atom. The van der Waals surface area contributed by atoms with Gasteiger partial charge in [-0.2, -0.15) is 0 Å². The van der Waals surface area contributed by atoms with Crippen LogP contribution in [0.5, 0.6) is 5.75 Å². The maximum absolute atomic E-state index is 6.08. The summed E-state index contributed by atoms with van der Waals surface area (Å²) in [5.74, 6) is 0.961. The highest BCUT2D eigenvalue weighted by Gasteiger charge is 2.25. The quantitative estimate of drug-likeness (QED) is 0.908. The molecule has 1 aliphatic rings. The minimum absolute atomic E-state index is 0.0923. The van der Waals surface area contributed by atoms with Gasteiger partial charge in [-0.1, -0.05) is 29.8 Å². The first-order valence-electron chi connectivity index (χ1n) is 6.43. The summed E-state index contributed by atoms with van der Waals surface area (Å²) in [6, 6.07) is 12.2. The largest absolute Gasteiger partial charge is 0.488 e. The van der Waals surface area contributed by atoms with Gasteiger partial charge in [0.05, 0.1) is 0 Å². The van der Waals surface area contributed by atoms with E-state index in [4.69, 9.17) is 22.1 Å². The Morgan fingerprint density at radius 3 is 2.89 bits per heavy atom. The van der Waals surface area contributed by atoms with E-state index in [9.17, 15) is 0 Å². The van der Waals surface area contributed by atoms with E-state index in [1.807, 2.05) is 18.2 Å². The maximum Gasteiger partial charge on any atom is 0.130 e. The molecule has 2 N–H and O–H groups in total. The van der Waals surface area contributed by atoms with Crippen molar-refractivity contribution in [1.29, 1.82) is 0 Å². The summed E-state index contributed by atoms with van der Waals surface area (Å²) in [4.78, 5) is 0. The number of rotatable bonds is 2. The number of nitrogens with two attached hydrogens (primary N) is 1. The second kappa shape index (κ2) is 4.87. The van der Waals surface area contributed by atoms with Gasteiger partial charge in [-0.05, 0) is 41.8 Å². The topological polar surface area (TPSA) is 35.2 Å². The van der Waals surface area contributed by atoms with E-state index >= 15 is 0 Å². The van der Waals surface area contributed by atoms with Crippen molar-refractivity contribution in [3.05, 3.63) is 52.5 Å². The predicted molar refractivity (Wildman–Crippen MR) is 78.8 cm³/mol. The number of ether oxygens (including phenoxy) is 1. The summed E-state index contributed by atoms with van der Waals surface area (Å²) in [6.45, 7) is 2.65. The molecule has 19 heavy (non-hydrogen) atoms. The first-order valence-corrected chi connectivity index (χ1v) is 6.81. The van der Waals surface area contributed by atoms with Crippen LogP contribution in [-0.4, -0.2) is 12.6 Å². The molecule has 2 aromatic rings. The van der Waals surface area contributed by atoms with Crippen molar-refractivity contribution in [1.82, 2.24) is 0 Å². The van der Waals surface area contributed by atoms with Gasteiger partial charge in [0.1, 0.15) is 11.9 Å². The molecule has 0 spiro atoms. The van der Waals surface area contributed by atoms with E-state index in [0.29, 0.717) is 6.54 Å². The Morgan fingerprint density at radius 2 is 2.16 bits per heavy atom. The van der Waals surface area contributed by atoms with Crippen molar-refractivity contribution in [3.63, 3.8) is 0 Å². The van der Waals surface area contributed by atoms with Gasteiger partial charge < -0.3 is 10.5 Å². The molecule has 0 amide bonds. The summed E-state index contributed by atoms with van der Waals surface area (Å²) >= 11 is 6.08. The molecule has 0 saturated heterocycles. The highest BCUT2D eigenvalue weighted by Crippen LogP contribution is 2.40. The molecule has 0 unspecified atom stereocenters. The molecule has 1 aliphatic heterocycles. The molecule has 98 valence electrons. The van der Waals surface area contributed by atoms with Crippen molar-refractivity contribution >= 4 is 11.6 Å². The number of aryl methyl sites for hydroxylation is 1. The fraction of sp³-hybridized carbons (Fsp3) is 0.250. The highest BCUT2D eigenvalue weighted by atomic mass is 35.5. The lowest BCUT2D eigenvalue weighted by Crippen LogP contribution is -2.24. The van der Waals surface area contributed by atoms with Gasteiger partial charge in [-0.3, -0.25) is 0 Å². The van der Waals surface area contributed by atoms with Crippen LogP contribution in [0.15, 0.2) is 36.4 Å². The molecule has 0 aromatic heterocycles. The van der Waals surface area contributed by atoms with Crippen LogP contribution in [0.2, 0.25) is 5.02 Å². The smallest absolute Gasteiger partial charge is 0.130 e. The predicted octanol–water partition coefficient (Wildman–Crippen LogP) is 3.58. The van der Waals surface area contributed by atoms with Crippen LogP contribution in [0.25, 0.3) is 11.1 Å². The van der Waals surface area contributed by atoms with Gasteiger partial charge in [-0.25, -0.2) is 0 Å². The van der Waals surface area contributed by atoms with Crippen LogP contribution in [0.3, 0.4) is 0 Å². The van der Waals surface area contributed by atoms with Gasteiger partial charge >= 0.3 is 0 Å². The second-order valence-corrected chi connectivity index (χ2v) is 5.43. The lowest BCUT2D eigenvalue weighted by atomic mass is 9.98. The summed E-state index contributed by atoms with van der Waals surface area (Å²) in [6.07, 6.45) is 0.982. The molecular weight excluding hydrogens is 258 g/mol. The molecule has 2 aromatic carbocycles. The van der Waals surface area contributed by atoms with E-state index < -0.39 is 0 Å². The normalized spacial score (nSPS) is 17.1. The van der Waals surface area contributed by atoms with Crippen LogP contribution < -0.4 is 10.5 Å². The van der Waals surface area contributed by atoms with Gasteiger partial charge in [-0.15, -0.1) is 0 Å². The lowest BCUT2D eigenvalue weighted by Gasteiger charge is -2.12. The number of benzene rings is 2. The van der Waals surface area contributed by atoms with E-state index in [0.717, 1.165) is 28.3 Å². The van der Waals surface area contributed by atoms with E-state index in [1.54, 1.807) is 0 Å². The van der Waals surface area contributed by atoms with E-state index in [-0.39, 0.29) is 6.10 Å². The Balaban J connectivity index is 2.13. The Kier molecular flexibility index (Phi) is 3.21. The van der Waals surface area contributed by atoms with Gasteiger partial charge in [0.25, 0.3) is 0 Å². The zero-order valence-electron chi connectivity index (χ0n) is 10.8. The molecule has 0 fully saturated rings. The minimum Gasteiger partial charge on any atom is -0.488 e. The monoisotopic (exact) mass is 273 g/mol. The van der Waals surface area contributed by atoms with Crippen molar-refractivity contribution in [2.45, 2.75) is 19.4 Å². The van der Waals surface area contributed by atoms with E-state index in [2.05, 4.69) is 25.1 Å². The minimum atomic E-state index is 0.0923. The lowest BCUT2D eigenvalue weighted by molar-refractivity contribution is 0.242. The Labute approximate surface area is 118 Å². The Bertz CT molecular complexity index is 624. The average molecular weight is 274 g/mol. The molecule has 0 radical (unpaired) electrons. The SMILES string of the molecule is Cc1cc2c(c(-c3cccc(Cl)c3)c1)O[C@@H](CN)C2. The summed E-state index contributed by atoms with van der Waals surface area (Å²) in [5.41, 5.74) is 10.4. The van der Waals surface area contributed by atoms with E-state index in [1.165, 1.54) is 11.1 Å². The first-order chi connectivity index (χ1) is 9.17. The molecule has 0 aliphatic carbocycles. The number of fused-ring (bicyclic) bond motifs is 1. The van der Waals surface area contributed by atoms with Gasteiger partial charge in [0.15, 0.2) is 0 Å². The fourth-order valence-corrected chi connectivity index (χ4v) is 2.78. The second-order valence-electron chi connectivity index (χ2n) is 4.99. The van der Waals surface area contributed by atoms with Crippen molar-refractivity contribution in [3.8, 4) is 16.9 Å². The van der Waals surface area contributed by atoms with Crippen LogP contribution in [0.1, 0.15) is 11.1 Å². The molecular formula is C16H16ClNO. The number of halogens is 1. The van der Waals surface area contributed by atoms with Crippen molar-refractivity contribution < 1.29 is 4.74 Å². The molecule has 1 heterocycles. The fourth-order valence-electron chi connectivity index (χ4n) is 2.59. The van der Waals surface area contributed by atoms with Crippen LogP contribution in [0, 0.1) is 6.92 Å². The molecule has 1 atom stereocenters. The Hall–Kier alpha value is -1.51. The van der Waals surface area contributed by atoms with Gasteiger partial charge in [0, 0.05) is 23.6 Å². The third kappa shape index (κ3) is 2.34. The average Bonchev–Trinajstić information content (AvgIpc) is 2.80. The third-order valence-electron chi connectivity index (χ3n) is 3.44. The van der Waals surface area contributed by atoms with Crippen molar-refractivity contribution in [2.24, 2.45) is 5.73 Å². The van der Waals surface area contributed by atoms with Crippen molar-refractivity contribution in [2.75, 3.05) is 6.54 Å². The molecule has 2 nitrogen and oxygen atoms in total. The zero-order valence-corrected chi connectivity index (χ0v) is 11.6. The molecule has 0 saturated carbocycles. The molecule has 3 heteroatoms. The van der Waals surface area contributed by atoms with Gasteiger partial charge in [0.2, 0.25) is 0 Å². The summed E-state index contributed by atoms with van der Waals surface area (Å²) < 4.78 is 5.97. The molecule has 0 bridgehead atoms. The summed E-state index contributed by atoms with van der Waals surface area (Å²) in [7, 11) is 0. The number of hydrogen-bond donors (Lipinski definition) is 1. The number of hydrogen-bond acceptors (Lipinski definition) is 2. The summed E-state index contributed by atoms with van der Waals surface area (Å²) in [5, 5.41) is 0.737. The van der Waals surface area contributed by atoms with Crippen LogP contribution >= 0.6 is 11.6 Å².